The molecule has 4 aliphatic rings. The molecule has 6 rings (SSSR count). The number of benzene rings is 2. The number of carbonyl (C=O) groups is 1. The summed E-state index contributed by atoms with van der Waals surface area (Å²) < 4.78 is 20.0. The standard InChI is InChI=1S/C26H30FN3O3/c27-22-11-19(5-6-23(22)30-7-9-33-10-8-30)28-25(31)24-20-14-29(15-21(20)24)16-26(32)12-17-3-1-2-4-18(17)13-26/h1-6,11,20-21,24,32H,7-10,12-16H2,(H,28,31). The van der Waals surface area contributed by atoms with Gasteiger partial charge in [-0.15, -0.1) is 0 Å². The van der Waals surface area contributed by atoms with Crippen LogP contribution in [0.25, 0.3) is 0 Å². The highest BCUT2D eigenvalue weighted by atomic mass is 19.1. The Hall–Kier alpha value is -2.48. The zero-order valence-corrected chi connectivity index (χ0v) is 18.7. The summed E-state index contributed by atoms with van der Waals surface area (Å²) in [5.74, 6) is 0.307. The minimum absolute atomic E-state index is 0.0151. The average Bonchev–Trinajstić information content (AvgIpc) is 3.13. The van der Waals surface area contributed by atoms with Gasteiger partial charge < -0.3 is 20.1 Å². The quantitative estimate of drug-likeness (QED) is 0.731. The molecule has 3 fully saturated rings. The summed E-state index contributed by atoms with van der Waals surface area (Å²) in [6, 6.07) is 13.2. The molecule has 2 aliphatic carbocycles. The summed E-state index contributed by atoms with van der Waals surface area (Å²) in [6.07, 6.45) is 1.40. The van der Waals surface area contributed by atoms with Crippen molar-refractivity contribution >= 4 is 17.3 Å². The number of fused-ring (bicyclic) bond motifs is 2. The van der Waals surface area contributed by atoms with Crippen molar-refractivity contribution in [1.29, 1.82) is 0 Å². The van der Waals surface area contributed by atoms with Crippen molar-refractivity contribution < 1.29 is 19.0 Å². The first kappa shape index (κ1) is 21.1. The SMILES string of the molecule is O=C(Nc1ccc(N2CCOCC2)c(F)c1)C1C2CN(CC3(O)Cc4ccccc4C3)CC21. The number of likely N-dealkylation sites (tertiary alicyclic amines) is 1. The molecule has 174 valence electrons. The maximum absolute atomic E-state index is 14.6. The van der Waals surface area contributed by atoms with Gasteiger partial charge in [0.05, 0.1) is 24.5 Å². The number of anilines is 2. The van der Waals surface area contributed by atoms with Gasteiger partial charge in [0.15, 0.2) is 0 Å². The van der Waals surface area contributed by atoms with Crippen molar-refractivity contribution in [2.75, 3.05) is 56.2 Å². The number of hydrogen-bond acceptors (Lipinski definition) is 5. The Labute approximate surface area is 193 Å². The molecule has 7 heteroatoms. The fourth-order valence-electron chi connectivity index (χ4n) is 6.20. The second-order valence-electron chi connectivity index (χ2n) is 10.1. The van der Waals surface area contributed by atoms with Crippen molar-refractivity contribution in [3.8, 4) is 0 Å². The molecule has 2 atom stereocenters. The van der Waals surface area contributed by atoms with Gasteiger partial charge in [-0.25, -0.2) is 4.39 Å². The summed E-state index contributed by atoms with van der Waals surface area (Å²) in [4.78, 5) is 17.1. The van der Waals surface area contributed by atoms with Crippen LogP contribution in [0.1, 0.15) is 11.1 Å². The molecule has 2 aliphatic heterocycles. The molecule has 2 N–H and O–H groups in total. The molecule has 2 saturated heterocycles. The summed E-state index contributed by atoms with van der Waals surface area (Å²) >= 11 is 0. The van der Waals surface area contributed by atoms with E-state index in [-0.39, 0.29) is 17.6 Å². The lowest BCUT2D eigenvalue weighted by Crippen LogP contribution is -2.44. The van der Waals surface area contributed by atoms with Crippen LogP contribution >= 0.6 is 0 Å². The summed E-state index contributed by atoms with van der Waals surface area (Å²) in [6.45, 7) is 4.87. The van der Waals surface area contributed by atoms with E-state index in [1.54, 1.807) is 12.1 Å². The normalized spacial score (nSPS) is 27.8. The molecule has 2 unspecified atom stereocenters. The number of nitrogens with one attached hydrogen (secondary N) is 1. The van der Waals surface area contributed by atoms with E-state index in [4.69, 9.17) is 4.74 Å². The monoisotopic (exact) mass is 451 g/mol. The van der Waals surface area contributed by atoms with Crippen LogP contribution in [0, 0.1) is 23.6 Å². The lowest BCUT2D eigenvalue weighted by molar-refractivity contribution is -0.118. The Kier molecular flexibility index (Phi) is 5.16. The third-order valence-corrected chi connectivity index (χ3v) is 7.81. The van der Waals surface area contributed by atoms with Gasteiger partial charge >= 0.3 is 0 Å². The highest BCUT2D eigenvalue weighted by Gasteiger charge is 2.59. The number of hydrogen-bond donors (Lipinski definition) is 2. The molecule has 2 aromatic carbocycles. The number of β-amino-alcohol motifs (C(OH)–C–C–N with tert-alkyl or cyclic N) is 1. The average molecular weight is 452 g/mol. The summed E-state index contributed by atoms with van der Waals surface area (Å²) in [5.41, 5.74) is 2.84. The van der Waals surface area contributed by atoms with E-state index in [0.717, 1.165) is 13.1 Å². The smallest absolute Gasteiger partial charge is 0.228 e. The van der Waals surface area contributed by atoms with Gasteiger partial charge in [-0.3, -0.25) is 9.69 Å². The molecule has 2 aromatic rings. The number of piperidine rings is 1. The number of carbonyl (C=O) groups excluding carboxylic acids is 1. The van der Waals surface area contributed by atoms with Crippen molar-refractivity contribution in [3.63, 3.8) is 0 Å². The van der Waals surface area contributed by atoms with Crippen LogP contribution in [0.2, 0.25) is 0 Å². The number of rotatable bonds is 5. The van der Waals surface area contributed by atoms with Crippen molar-refractivity contribution in [1.82, 2.24) is 4.90 Å². The van der Waals surface area contributed by atoms with Gasteiger partial charge in [-0.2, -0.15) is 0 Å². The first-order chi connectivity index (χ1) is 16.0. The lowest BCUT2D eigenvalue weighted by atomic mass is 9.99. The van der Waals surface area contributed by atoms with E-state index < -0.39 is 5.60 Å². The van der Waals surface area contributed by atoms with E-state index in [9.17, 15) is 14.3 Å². The van der Waals surface area contributed by atoms with E-state index in [1.165, 1.54) is 17.2 Å². The Morgan fingerprint density at radius 2 is 1.76 bits per heavy atom. The number of halogens is 1. The number of morpholine rings is 1. The zero-order chi connectivity index (χ0) is 22.6. The Morgan fingerprint density at radius 3 is 2.39 bits per heavy atom. The largest absolute Gasteiger partial charge is 0.388 e. The first-order valence-electron chi connectivity index (χ1n) is 11.9. The van der Waals surface area contributed by atoms with Crippen LogP contribution in [-0.2, 0) is 22.4 Å². The highest BCUT2D eigenvalue weighted by molar-refractivity contribution is 5.95. The zero-order valence-electron chi connectivity index (χ0n) is 18.7. The fraction of sp³-hybridized carbons (Fsp3) is 0.500. The van der Waals surface area contributed by atoms with Crippen molar-refractivity contribution in [3.05, 3.63) is 59.4 Å². The van der Waals surface area contributed by atoms with Crippen LogP contribution < -0.4 is 10.2 Å². The van der Waals surface area contributed by atoms with Crippen LogP contribution in [0.15, 0.2) is 42.5 Å². The fourth-order valence-corrected chi connectivity index (χ4v) is 6.20. The van der Waals surface area contributed by atoms with E-state index in [2.05, 4.69) is 22.3 Å². The van der Waals surface area contributed by atoms with Crippen LogP contribution in [0.3, 0.4) is 0 Å². The molecule has 6 nitrogen and oxygen atoms in total. The molecular formula is C26H30FN3O3. The molecule has 0 aromatic heterocycles. The van der Waals surface area contributed by atoms with Crippen molar-refractivity contribution in [2.24, 2.45) is 17.8 Å². The molecule has 1 amide bonds. The van der Waals surface area contributed by atoms with E-state index in [0.29, 0.717) is 68.9 Å². The minimum Gasteiger partial charge on any atom is -0.388 e. The summed E-state index contributed by atoms with van der Waals surface area (Å²) in [7, 11) is 0. The Morgan fingerprint density at radius 1 is 1.09 bits per heavy atom. The van der Waals surface area contributed by atoms with Gasteiger partial charge in [0.25, 0.3) is 0 Å². The number of aliphatic hydroxyl groups is 1. The first-order valence-corrected chi connectivity index (χ1v) is 11.9. The number of amides is 1. The number of nitrogens with zero attached hydrogens (tertiary/aromatic N) is 2. The minimum atomic E-state index is -0.710. The Bertz CT molecular complexity index is 1030. The predicted octanol–water partition coefficient (Wildman–Crippen LogP) is 2.31. The second-order valence-corrected chi connectivity index (χ2v) is 10.1. The van der Waals surface area contributed by atoms with Gasteiger partial charge in [-0.05, 0) is 41.2 Å². The third-order valence-electron chi connectivity index (χ3n) is 7.81. The van der Waals surface area contributed by atoms with Gasteiger partial charge in [0.1, 0.15) is 5.82 Å². The van der Waals surface area contributed by atoms with Gasteiger partial charge in [0.2, 0.25) is 5.91 Å². The molecule has 0 spiro atoms. The van der Waals surface area contributed by atoms with Gasteiger partial charge in [-0.1, -0.05) is 24.3 Å². The second kappa shape index (κ2) is 8.08. The topological polar surface area (TPSA) is 65.0 Å². The summed E-state index contributed by atoms with van der Waals surface area (Å²) in [5, 5.41) is 14.0. The Balaban J connectivity index is 1.02. The van der Waals surface area contributed by atoms with Crippen molar-refractivity contribution in [2.45, 2.75) is 18.4 Å². The van der Waals surface area contributed by atoms with E-state index >= 15 is 0 Å². The molecule has 2 heterocycles. The maximum Gasteiger partial charge on any atom is 0.228 e. The van der Waals surface area contributed by atoms with Gasteiger partial charge in [0, 0.05) is 57.2 Å². The van der Waals surface area contributed by atoms with Crippen LogP contribution in [0.5, 0.6) is 0 Å². The predicted molar refractivity (Wildman–Crippen MR) is 124 cm³/mol. The molecular weight excluding hydrogens is 421 g/mol. The van der Waals surface area contributed by atoms with E-state index in [1.807, 2.05) is 17.0 Å². The van der Waals surface area contributed by atoms with Crippen LogP contribution in [-0.4, -0.2) is 67.5 Å². The van der Waals surface area contributed by atoms with Crippen LogP contribution in [0.4, 0.5) is 15.8 Å². The molecule has 0 radical (unpaired) electrons. The molecule has 1 saturated carbocycles. The lowest BCUT2D eigenvalue weighted by Gasteiger charge is -2.30. The molecule has 33 heavy (non-hydrogen) atoms. The molecule has 0 bridgehead atoms. The number of ether oxygens (including phenoxy) is 1. The third kappa shape index (κ3) is 4.03. The maximum atomic E-state index is 14.6. The highest BCUT2D eigenvalue weighted by Crippen LogP contribution is 2.52.